The molecule has 3 aromatic heterocycles. The minimum absolute atomic E-state index is 0.0383. The van der Waals surface area contributed by atoms with E-state index in [4.69, 9.17) is 9.47 Å². The van der Waals surface area contributed by atoms with E-state index < -0.39 is 53.2 Å². The molecule has 0 aliphatic heterocycles. The highest BCUT2D eigenvalue weighted by molar-refractivity contribution is 6.04. The number of aromatic amines is 1. The van der Waals surface area contributed by atoms with Crippen LogP contribution in [0.25, 0.3) is 22.2 Å². The van der Waals surface area contributed by atoms with Crippen LogP contribution in [0.4, 0.5) is 22.0 Å². The molecule has 238 valence electrons. The van der Waals surface area contributed by atoms with Crippen LogP contribution in [-0.4, -0.2) is 39.7 Å². The number of ether oxygens (including phenoxy) is 2. The summed E-state index contributed by atoms with van der Waals surface area (Å²) in [5.41, 5.74) is -2.72. The zero-order valence-corrected chi connectivity index (χ0v) is 24.4. The highest BCUT2D eigenvalue weighted by Crippen LogP contribution is 2.41. The van der Waals surface area contributed by atoms with Crippen molar-refractivity contribution in [2.24, 2.45) is 0 Å². The Morgan fingerprint density at radius 3 is 2.52 bits per heavy atom. The van der Waals surface area contributed by atoms with E-state index in [0.717, 1.165) is 25.1 Å². The maximum absolute atomic E-state index is 14.3. The lowest BCUT2D eigenvalue weighted by atomic mass is 10.0. The molecule has 5 aromatic rings. The minimum atomic E-state index is -4.83. The van der Waals surface area contributed by atoms with Crippen LogP contribution < -0.4 is 20.2 Å². The first-order valence-electron chi connectivity index (χ1n) is 13.6. The summed E-state index contributed by atoms with van der Waals surface area (Å²) in [6.07, 6.45) is -3.08. The van der Waals surface area contributed by atoms with Gasteiger partial charge in [-0.2, -0.15) is 13.2 Å². The lowest BCUT2D eigenvalue weighted by Gasteiger charge is -2.19. The Labute approximate surface area is 257 Å². The number of hydrogen-bond donors (Lipinski definition) is 3. The van der Waals surface area contributed by atoms with E-state index in [1.165, 1.54) is 26.3 Å². The number of nitrogens with one attached hydrogen (secondary N) is 2. The van der Waals surface area contributed by atoms with E-state index in [2.05, 4.69) is 20.3 Å². The van der Waals surface area contributed by atoms with Gasteiger partial charge in [-0.25, -0.2) is 13.8 Å². The van der Waals surface area contributed by atoms with E-state index in [0.29, 0.717) is 17.5 Å². The van der Waals surface area contributed by atoms with E-state index in [9.17, 15) is 36.6 Å². The topological polar surface area (TPSA) is 126 Å². The highest BCUT2D eigenvalue weighted by Gasteiger charge is 2.35. The second-order valence-corrected chi connectivity index (χ2v) is 10.2. The van der Waals surface area contributed by atoms with Gasteiger partial charge < -0.3 is 24.9 Å². The summed E-state index contributed by atoms with van der Waals surface area (Å²) in [7, 11) is 1.46. The molecule has 1 atom stereocenters. The third-order valence-electron chi connectivity index (χ3n) is 7.32. The van der Waals surface area contributed by atoms with Crippen LogP contribution in [0, 0.1) is 25.5 Å². The predicted molar refractivity (Wildman–Crippen MR) is 157 cm³/mol. The molecule has 3 heterocycles. The van der Waals surface area contributed by atoms with Crippen molar-refractivity contribution in [3.63, 3.8) is 0 Å². The Bertz CT molecular complexity index is 2030. The van der Waals surface area contributed by atoms with Crippen LogP contribution >= 0.6 is 0 Å². The number of nitrogens with zero attached hydrogens (tertiary/aromatic N) is 2. The first-order valence-corrected chi connectivity index (χ1v) is 13.6. The van der Waals surface area contributed by atoms with Crippen molar-refractivity contribution in [1.29, 1.82) is 0 Å². The smallest absolute Gasteiger partial charge is 0.418 e. The van der Waals surface area contributed by atoms with Crippen LogP contribution in [0.15, 0.2) is 65.7 Å². The molecule has 1 amide bonds. The van der Waals surface area contributed by atoms with Crippen LogP contribution in [-0.2, 0) is 6.18 Å². The maximum Gasteiger partial charge on any atom is 0.418 e. The first-order chi connectivity index (χ1) is 21.8. The second kappa shape index (κ2) is 12.6. The van der Waals surface area contributed by atoms with Gasteiger partial charge in [0.1, 0.15) is 17.2 Å². The summed E-state index contributed by atoms with van der Waals surface area (Å²) >= 11 is 0. The summed E-state index contributed by atoms with van der Waals surface area (Å²) < 4.78 is 80.6. The zero-order chi connectivity index (χ0) is 33.3. The van der Waals surface area contributed by atoms with Crippen molar-refractivity contribution in [3.8, 4) is 28.6 Å². The van der Waals surface area contributed by atoms with Crippen LogP contribution in [0.5, 0.6) is 17.4 Å². The molecule has 0 saturated heterocycles. The standard InChI is InChI=1S/C32H25F5N4O5/c1-15-19(32(35,36)37)13-39-31(46-25-8-7-20(33)28(34)16(25)2)26(15)22-12-24(43)27-21(40-22)9-10-38-29(27)30(44)41-23(14-42)17-5-4-6-18(11-17)45-3/h4-13,23,42H,14H2,1-3H3,(H,40,43)(H,41,44). The van der Waals surface area contributed by atoms with Gasteiger partial charge in [-0.1, -0.05) is 12.1 Å². The van der Waals surface area contributed by atoms with Gasteiger partial charge in [-0.3, -0.25) is 14.6 Å². The van der Waals surface area contributed by atoms with Crippen molar-refractivity contribution in [1.82, 2.24) is 20.3 Å². The molecule has 0 radical (unpaired) electrons. The molecule has 14 heteroatoms. The number of carbonyl (C=O) groups excluding carboxylic acids is 1. The second-order valence-electron chi connectivity index (χ2n) is 10.2. The fraction of sp³-hybridized carbons (Fsp3) is 0.188. The summed E-state index contributed by atoms with van der Waals surface area (Å²) in [5, 5.41) is 12.4. The zero-order valence-electron chi connectivity index (χ0n) is 24.4. The summed E-state index contributed by atoms with van der Waals surface area (Å²) in [4.78, 5) is 37.6. The molecule has 0 spiro atoms. The first kappa shape index (κ1) is 32.0. The van der Waals surface area contributed by atoms with Gasteiger partial charge in [0.15, 0.2) is 17.1 Å². The molecule has 46 heavy (non-hydrogen) atoms. The van der Waals surface area contributed by atoms with E-state index >= 15 is 0 Å². The number of fused-ring (bicyclic) bond motifs is 1. The predicted octanol–water partition coefficient (Wildman–Crippen LogP) is 6.16. The van der Waals surface area contributed by atoms with Crippen LogP contribution in [0.1, 0.15) is 38.8 Å². The molecule has 0 fully saturated rings. The van der Waals surface area contributed by atoms with Gasteiger partial charge in [0.05, 0.1) is 47.5 Å². The number of H-pyrrole nitrogens is 1. The number of aromatic nitrogens is 3. The Hall–Kier alpha value is -5.37. The Kier molecular flexibility index (Phi) is 8.74. The van der Waals surface area contributed by atoms with Crippen molar-refractivity contribution in [2.45, 2.75) is 26.1 Å². The summed E-state index contributed by atoms with van der Waals surface area (Å²) in [6.45, 7) is 1.87. The maximum atomic E-state index is 14.3. The molecule has 0 saturated carbocycles. The lowest BCUT2D eigenvalue weighted by Crippen LogP contribution is -2.32. The molecule has 5 rings (SSSR count). The van der Waals surface area contributed by atoms with Gasteiger partial charge in [-0.05, 0) is 55.3 Å². The molecule has 2 aromatic carbocycles. The Morgan fingerprint density at radius 1 is 1.07 bits per heavy atom. The average Bonchev–Trinajstić information content (AvgIpc) is 3.02. The number of aliphatic hydroxyl groups is 1. The van der Waals surface area contributed by atoms with Gasteiger partial charge in [0.2, 0.25) is 5.88 Å². The fourth-order valence-electron chi connectivity index (χ4n) is 4.93. The SMILES string of the molecule is COc1cccc(C(CO)NC(=O)c2nccc3[nH]c(-c4c(Oc5ccc(F)c(F)c5C)ncc(C(F)(F)F)c4C)cc(=O)c23)c1. The quantitative estimate of drug-likeness (QED) is 0.173. The van der Waals surface area contributed by atoms with Crippen molar-refractivity contribution >= 4 is 16.8 Å². The van der Waals surface area contributed by atoms with Crippen molar-refractivity contribution in [3.05, 3.63) is 111 Å². The van der Waals surface area contributed by atoms with Crippen LogP contribution in [0.2, 0.25) is 0 Å². The normalized spacial score (nSPS) is 12.2. The number of halogens is 5. The average molecular weight is 641 g/mol. The number of alkyl halides is 3. The third-order valence-corrected chi connectivity index (χ3v) is 7.32. The highest BCUT2D eigenvalue weighted by atomic mass is 19.4. The van der Waals surface area contributed by atoms with Gasteiger partial charge in [0.25, 0.3) is 5.91 Å². The van der Waals surface area contributed by atoms with Crippen LogP contribution in [0.3, 0.4) is 0 Å². The molecular weight excluding hydrogens is 615 g/mol. The summed E-state index contributed by atoms with van der Waals surface area (Å²) in [6, 6.07) is 9.92. The van der Waals surface area contributed by atoms with E-state index in [1.54, 1.807) is 24.3 Å². The van der Waals surface area contributed by atoms with Gasteiger partial charge in [-0.15, -0.1) is 0 Å². The largest absolute Gasteiger partial charge is 0.497 e. The Morgan fingerprint density at radius 2 is 1.83 bits per heavy atom. The molecule has 3 N–H and O–H groups in total. The number of pyridine rings is 3. The molecular formula is C32H25F5N4O5. The molecule has 0 bridgehead atoms. The third kappa shape index (κ3) is 6.11. The van der Waals surface area contributed by atoms with Gasteiger partial charge in [0, 0.05) is 24.0 Å². The number of carbonyl (C=O) groups is 1. The van der Waals surface area contributed by atoms with Gasteiger partial charge >= 0.3 is 6.18 Å². The number of rotatable bonds is 8. The fourth-order valence-corrected chi connectivity index (χ4v) is 4.93. The number of hydrogen-bond acceptors (Lipinski definition) is 7. The van der Waals surface area contributed by atoms with E-state index in [-0.39, 0.29) is 44.7 Å². The number of benzene rings is 2. The van der Waals surface area contributed by atoms with Crippen molar-refractivity contribution < 1.29 is 41.3 Å². The number of aliphatic hydroxyl groups excluding tert-OH is 1. The number of methoxy groups -OCH3 is 1. The number of amides is 1. The van der Waals surface area contributed by atoms with E-state index in [1.807, 2.05) is 0 Å². The minimum Gasteiger partial charge on any atom is -0.497 e. The summed E-state index contributed by atoms with van der Waals surface area (Å²) in [5.74, 6) is -3.32. The monoisotopic (exact) mass is 640 g/mol. The van der Waals surface area contributed by atoms with Crippen molar-refractivity contribution in [2.75, 3.05) is 13.7 Å². The molecule has 9 nitrogen and oxygen atoms in total. The lowest BCUT2D eigenvalue weighted by molar-refractivity contribution is -0.138. The molecule has 1 unspecified atom stereocenters. The molecule has 0 aliphatic rings. The Balaban J connectivity index is 1.61. The molecule has 0 aliphatic carbocycles.